The molecule has 0 atom stereocenters. The third kappa shape index (κ3) is 1.58. The van der Waals surface area contributed by atoms with Crippen molar-refractivity contribution in [1.82, 2.24) is 5.16 Å². The molecular weight excluding hydrogens is 240 g/mol. The zero-order valence-corrected chi connectivity index (χ0v) is 11.3. The molecule has 0 radical (unpaired) electrons. The first-order valence-electron chi connectivity index (χ1n) is 7.39. The van der Waals surface area contributed by atoms with E-state index < -0.39 is 0 Å². The first-order valence-corrected chi connectivity index (χ1v) is 7.39. The number of carbonyl (C=O) groups excluding carboxylic acids is 1. The van der Waals surface area contributed by atoms with Crippen molar-refractivity contribution in [2.75, 3.05) is 5.73 Å². The summed E-state index contributed by atoms with van der Waals surface area (Å²) in [6.07, 6.45) is 6.71. The van der Waals surface area contributed by atoms with Crippen molar-refractivity contribution in [2.45, 2.75) is 44.9 Å². The first kappa shape index (κ1) is 11.5. The van der Waals surface area contributed by atoms with Crippen LogP contribution in [-0.4, -0.2) is 10.9 Å². The van der Waals surface area contributed by atoms with Crippen LogP contribution in [0.5, 0.6) is 0 Å². The Kier molecular flexibility index (Phi) is 2.32. The van der Waals surface area contributed by atoms with Gasteiger partial charge in [-0.15, -0.1) is 0 Å². The van der Waals surface area contributed by atoms with E-state index in [4.69, 9.17) is 10.3 Å². The Balaban J connectivity index is 1.71. The highest BCUT2D eigenvalue weighted by Gasteiger charge is 2.50. The van der Waals surface area contributed by atoms with Crippen LogP contribution in [0.25, 0.3) is 0 Å². The van der Waals surface area contributed by atoms with E-state index in [1.54, 1.807) is 0 Å². The molecule has 0 unspecified atom stereocenters. The molecule has 4 aliphatic carbocycles. The van der Waals surface area contributed by atoms with Gasteiger partial charge in [-0.2, -0.15) is 0 Å². The Morgan fingerprint density at radius 2 is 1.74 bits per heavy atom. The lowest BCUT2D eigenvalue weighted by Crippen LogP contribution is -2.44. The van der Waals surface area contributed by atoms with E-state index in [0.717, 1.165) is 17.5 Å². The fourth-order valence-electron chi connectivity index (χ4n) is 5.18. The number of anilines is 1. The van der Waals surface area contributed by atoms with E-state index >= 15 is 0 Å². The van der Waals surface area contributed by atoms with Gasteiger partial charge < -0.3 is 10.3 Å². The van der Waals surface area contributed by atoms with Gasteiger partial charge in [0.05, 0.1) is 0 Å². The van der Waals surface area contributed by atoms with E-state index in [0.29, 0.717) is 23.4 Å². The van der Waals surface area contributed by atoms with Gasteiger partial charge in [-0.05, 0) is 55.8 Å². The summed E-state index contributed by atoms with van der Waals surface area (Å²) >= 11 is 0. The molecule has 4 saturated carbocycles. The smallest absolute Gasteiger partial charge is 0.225 e. The minimum atomic E-state index is -0.125. The minimum absolute atomic E-state index is 0.125. The van der Waals surface area contributed by atoms with Crippen molar-refractivity contribution in [3.63, 3.8) is 0 Å². The lowest BCUT2D eigenvalue weighted by atomic mass is 9.51. The number of rotatable bonds is 2. The van der Waals surface area contributed by atoms with Gasteiger partial charge in [0, 0.05) is 12.8 Å². The summed E-state index contributed by atoms with van der Waals surface area (Å²) in [6, 6.07) is 0. The Morgan fingerprint density at radius 3 is 2.21 bits per heavy atom. The Hall–Kier alpha value is -1.32. The number of Topliss-reactive ketones (excluding diaryl/α,β-unsaturated/α-hetero) is 1. The van der Waals surface area contributed by atoms with Crippen molar-refractivity contribution < 1.29 is 9.32 Å². The molecule has 1 heterocycles. The summed E-state index contributed by atoms with van der Waals surface area (Å²) < 4.78 is 5.19. The van der Waals surface area contributed by atoms with E-state index in [1.165, 1.54) is 39.0 Å². The number of nitrogens with zero attached hydrogens (tertiary/aromatic N) is 1. The normalized spacial score (nSPS) is 39.7. The standard InChI is InChI=1S/C15H20N2O2/c1-7(18)15-13(16)14(17-19-15)12-10-3-8-2-9(5-10)6-11(12)4-8/h8-12H,2-6,16H2,1H3. The molecule has 2 N–H and O–H groups in total. The number of hydrogen-bond acceptors (Lipinski definition) is 4. The molecule has 1 aromatic heterocycles. The average molecular weight is 260 g/mol. The number of hydrogen-bond donors (Lipinski definition) is 1. The second-order valence-corrected chi connectivity index (χ2v) is 6.82. The van der Waals surface area contributed by atoms with Gasteiger partial charge in [0.25, 0.3) is 0 Å². The molecule has 102 valence electrons. The molecule has 0 amide bonds. The highest BCUT2D eigenvalue weighted by molar-refractivity contribution is 5.96. The fraction of sp³-hybridized carbons (Fsp3) is 0.733. The molecule has 19 heavy (non-hydrogen) atoms. The number of carbonyl (C=O) groups is 1. The quantitative estimate of drug-likeness (QED) is 0.830. The molecule has 4 nitrogen and oxygen atoms in total. The summed E-state index contributed by atoms with van der Waals surface area (Å²) in [5.41, 5.74) is 7.49. The Morgan fingerprint density at radius 1 is 1.16 bits per heavy atom. The van der Waals surface area contributed by atoms with Crippen LogP contribution < -0.4 is 5.73 Å². The summed E-state index contributed by atoms with van der Waals surface area (Å²) in [5.74, 6) is 3.85. The Labute approximate surface area is 112 Å². The molecule has 5 rings (SSSR count). The molecule has 4 fully saturated rings. The zero-order valence-electron chi connectivity index (χ0n) is 11.3. The topological polar surface area (TPSA) is 69.1 Å². The molecular formula is C15H20N2O2. The van der Waals surface area contributed by atoms with Crippen LogP contribution in [0.1, 0.15) is 61.2 Å². The van der Waals surface area contributed by atoms with E-state index in [-0.39, 0.29) is 11.5 Å². The largest absolute Gasteiger partial charge is 0.394 e. The van der Waals surface area contributed by atoms with Crippen LogP contribution in [0.3, 0.4) is 0 Å². The zero-order chi connectivity index (χ0) is 13.1. The summed E-state index contributed by atoms with van der Waals surface area (Å²) in [7, 11) is 0. The SMILES string of the molecule is CC(=O)c1onc(C2C3CC4CC(C3)CC2C4)c1N. The van der Waals surface area contributed by atoms with Crippen LogP contribution in [0.4, 0.5) is 5.69 Å². The van der Waals surface area contributed by atoms with Crippen molar-refractivity contribution in [3.05, 3.63) is 11.5 Å². The maximum Gasteiger partial charge on any atom is 0.225 e. The third-order valence-electron chi connectivity index (χ3n) is 5.62. The van der Waals surface area contributed by atoms with E-state index in [2.05, 4.69) is 5.16 Å². The van der Waals surface area contributed by atoms with Gasteiger partial charge in [0.2, 0.25) is 5.76 Å². The molecule has 4 heteroatoms. The molecule has 0 saturated heterocycles. The summed E-state index contributed by atoms with van der Waals surface area (Å²) in [6.45, 7) is 1.48. The van der Waals surface area contributed by atoms with Crippen LogP contribution in [0.2, 0.25) is 0 Å². The second-order valence-electron chi connectivity index (χ2n) is 6.82. The van der Waals surface area contributed by atoms with Gasteiger partial charge in [0.1, 0.15) is 11.4 Å². The van der Waals surface area contributed by atoms with Gasteiger partial charge in [-0.1, -0.05) is 5.16 Å². The molecule has 0 aliphatic heterocycles. The molecule has 0 spiro atoms. The summed E-state index contributed by atoms with van der Waals surface area (Å²) in [5, 5.41) is 4.16. The second kappa shape index (κ2) is 3.84. The number of nitrogen functional groups attached to an aromatic ring is 1. The van der Waals surface area contributed by atoms with Crippen LogP contribution in [0, 0.1) is 23.7 Å². The predicted molar refractivity (Wildman–Crippen MR) is 70.7 cm³/mol. The highest BCUT2D eigenvalue weighted by atomic mass is 16.5. The van der Waals surface area contributed by atoms with Gasteiger partial charge >= 0.3 is 0 Å². The Bertz CT molecular complexity index is 506. The van der Waals surface area contributed by atoms with Crippen LogP contribution in [0.15, 0.2) is 4.52 Å². The third-order valence-corrected chi connectivity index (χ3v) is 5.62. The predicted octanol–water partition coefficient (Wildman–Crippen LogP) is 3.00. The molecule has 4 bridgehead atoms. The maximum absolute atomic E-state index is 11.5. The lowest BCUT2D eigenvalue weighted by molar-refractivity contribution is -0.00484. The number of nitrogens with two attached hydrogens (primary N) is 1. The van der Waals surface area contributed by atoms with Gasteiger partial charge in [0.15, 0.2) is 5.78 Å². The maximum atomic E-state index is 11.5. The fourth-order valence-corrected chi connectivity index (χ4v) is 5.18. The van der Waals surface area contributed by atoms with Crippen LogP contribution in [-0.2, 0) is 0 Å². The van der Waals surface area contributed by atoms with Gasteiger partial charge in [-0.3, -0.25) is 4.79 Å². The van der Waals surface area contributed by atoms with E-state index in [9.17, 15) is 4.79 Å². The highest BCUT2D eigenvalue weighted by Crippen LogP contribution is 2.60. The first-order chi connectivity index (χ1) is 9.13. The molecule has 0 aromatic carbocycles. The van der Waals surface area contributed by atoms with Crippen molar-refractivity contribution in [1.29, 1.82) is 0 Å². The van der Waals surface area contributed by atoms with Crippen molar-refractivity contribution in [2.24, 2.45) is 23.7 Å². The average Bonchev–Trinajstić information content (AvgIpc) is 2.70. The lowest BCUT2D eigenvalue weighted by Gasteiger charge is -2.53. The van der Waals surface area contributed by atoms with Gasteiger partial charge in [-0.25, -0.2) is 0 Å². The molecule has 1 aromatic rings. The van der Waals surface area contributed by atoms with Crippen molar-refractivity contribution >= 4 is 11.5 Å². The van der Waals surface area contributed by atoms with Crippen molar-refractivity contribution in [3.8, 4) is 0 Å². The monoisotopic (exact) mass is 260 g/mol. The van der Waals surface area contributed by atoms with E-state index in [1.807, 2.05) is 0 Å². The minimum Gasteiger partial charge on any atom is -0.394 e. The summed E-state index contributed by atoms with van der Waals surface area (Å²) in [4.78, 5) is 11.5. The number of ketones is 1. The van der Waals surface area contributed by atoms with Crippen LogP contribution >= 0.6 is 0 Å². The number of aromatic nitrogens is 1. The molecule has 4 aliphatic rings.